The van der Waals surface area contributed by atoms with Crippen LogP contribution in [0.2, 0.25) is 0 Å². The molecule has 0 amide bonds. The van der Waals surface area contributed by atoms with E-state index in [0.29, 0.717) is 12.5 Å². The molecule has 1 atom stereocenters. The zero-order valence-electron chi connectivity index (χ0n) is 7.18. The Bertz CT molecular complexity index is 136. The van der Waals surface area contributed by atoms with Gasteiger partial charge in [0.05, 0.1) is 6.61 Å². The van der Waals surface area contributed by atoms with Crippen LogP contribution in [0, 0.1) is 5.92 Å². The fourth-order valence-electron chi connectivity index (χ4n) is 1.37. The Morgan fingerprint density at radius 1 is 1.73 bits per heavy atom. The summed E-state index contributed by atoms with van der Waals surface area (Å²) < 4.78 is 5.34. The highest BCUT2D eigenvalue weighted by Crippen LogP contribution is 2.15. The van der Waals surface area contributed by atoms with Gasteiger partial charge in [0.2, 0.25) is 0 Å². The van der Waals surface area contributed by atoms with Crippen LogP contribution in [-0.2, 0) is 4.74 Å². The van der Waals surface area contributed by atoms with Crippen molar-refractivity contribution in [3.8, 4) is 0 Å². The summed E-state index contributed by atoms with van der Waals surface area (Å²) in [5.41, 5.74) is 6.76. The van der Waals surface area contributed by atoms with E-state index < -0.39 is 0 Å². The molecule has 11 heavy (non-hydrogen) atoms. The smallest absolute Gasteiger partial charge is 0.0528 e. The van der Waals surface area contributed by atoms with Crippen molar-refractivity contribution in [3.05, 3.63) is 11.6 Å². The van der Waals surface area contributed by atoms with E-state index >= 15 is 0 Å². The second kappa shape index (κ2) is 4.52. The Labute approximate surface area is 68.4 Å². The third-order valence-corrected chi connectivity index (χ3v) is 2.04. The Morgan fingerprint density at radius 3 is 3.09 bits per heavy atom. The largest absolute Gasteiger partial charge is 0.381 e. The minimum absolute atomic E-state index is 0.618. The molecule has 1 rings (SSSR count). The standard InChI is InChI=1S/C9H17NO/c1-8(6-10)5-9-3-2-4-11-7-9/h5,9H,2-4,6-7,10H2,1H3/b8-5+. The van der Waals surface area contributed by atoms with E-state index in [9.17, 15) is 0 Å². The van der Waals surface area contributed by atoms with E-state index in [2.05, 4.69) is 13.0 Å². The highest BCUT2D eigenvalue weighted by atomic mass is 16.5. The number of nitrogens with two attached hydrogens (primary N) is 1. The molecule has 2 N–H and O–H groups in total. The Balaban J connectivity index is 2.34. The Hall–Kier alpha value is -0.340. The molecule has 1 aliphatic rings. The molecule has 0 aromatic carbocycles. The number of rotatable bonds is 2. The average Bonchev–Trinajstić information content (AvgIpc) is 2.06. The monoisotopic (exact) mass is 155 g/mol. The maximum absolute atomic E-state index is 5.48. The maximum atomic E-state index is 5.48. The number of ether oxygens (including phenoxy) is 1. The molecule has 0 saturated carbocycles. The summed E-state index contributed by atoms with van der Waals surface area (Å²) in [6.07, 6.45) is 4.70. The highest BCUT2D eigenvalue weighted by molar-refractivity contribution is 5.02. The summed E-state index contributed by atoms with van der Waals surface area (Å²) in [6, 6.07) is 0. The van der Waals surface area contributed by atoms with Crippen LogP contribution < -0.4 is 5.73 Å². The van der Waals surface area contributed by atoms with Gasteiger partial charge in [-0.25, -0.2) is 0 Å². The molecule has 0 aromatic rings. The second-order valence-corrected chi connectivity index (χ2v) is 3.19. The quantitative estimate of drug-likeness (QED) is 0.610. The lowest BCUT2D eigenvalue weighted by atomic mass is 10.00. The third kappa shape index (κ3) is 3.04. The van der Waals surface area contributed by atoms with Crippen molar-refractivity contribution in [3.63, 3.8) is 0 Å². The molecule has 1 saturated heterocycles. The molecular formula is C9H17NO. The van der Waals surface area contributed by atoms with Gasteiger partial charge in [-0.05, 0) is 19.8 Å². The van der Waals surface area contributed by atoms with E-state index in [1.165, 1.54) is 18.4 Å². The molecule has 1 heterocycles. The van der Waals surface area contributed by atoms with Crippen molar-refractivity contribution in [2.45, 2.75) is 19.8 Å². The van der Waals surface area contributed by atoms with E-state index in [0.717, 1.165) is 13.2 Å². The van der Waals surface area contributed by atoms with Gasteiger partial charge in [-0.15, -0.1) is 0 Å². The molecule has 0 spiro atoms. The first-order valence-corrected chi connectivity index (χ1v) is 4.28. The number of hydrogen-bond donors (Lipinski definition) is 1. The van der Waals surface area contributed by atoms with Gasteiger partial charge in [0.25, 0.3) is 0 Å². The molecule has 0 aliphatic carbocycles. The first kappa shape index (κ1) is 8.75. The van der Waals surface area contributed by atoms with Gasteiger partial charge >= 0.3 is 0 Å². The zero-order valence-corrected chi connectivity index (χ0v) is 7.18. The van der Waals surface area contributed by atoms with Crippen LogP contribution >= 0.6 is 0 Å². The minimum atomic E-state index is 0.618. The van der Waals surface area contributed by atoms with Gasteiger partial charge in [-0.1, -0.05) is 11.6 Å². The summed E-state index contributed by atoms with van der Waals surface area (Å²) in [6.45, 7) is 4.58. The van der Waals surface area contributed by atoms with Crippen LogP contribution in [0.15, 0.2) is 11.6 Å². The lowest BCUT2D eigenvalue weighted by Gasteiger charge is -2.19. The van der Waals surface area contributed by atoms with Crippen LogP contribution in [0.4, 0.5) is 0 Å². The molecule has 64 valence electrons. The Kier molecular flexibility index (Phi) is 3.60. The van der Waals surface area contributed by atoms with Crippen LogP contribution in [0.3, 0.4) is 0 Å². The van der Waals surface area contributed by atoms with Gasteiger partial charge in [0, 0.05) is 19.1 Å². The third-order valence-electron chi connectivity index (χ3n) is 2.04. The molecule has 1 unspecified atom stereocenters. The normalized spacial score (nSPS) is 27.1. The molecule has 2 heteroatoms. The van der Waals surface area contributed by atoms with Crippen molar-refractivity contribution in [1.29, 1.82) is 0 Å². The summed E-state index contributed by atoms with van der Waals surface area (Å²) in [5, 5.41) is 0. The second-order valence-electron chi connectivity index (χ2n) is 3.19. The molecule has 0 aromatic heterocycles. The van der Waals surface area contributed by atoms with E-state index in [1.807, 2.05) is 0 Å². The van der Waals surface area contributed by atoms with E-state index in [-0.39, 0.29) is 0 Å². The SMILES string of the molecule is C/C(=C\C1CCCOC1)CN. The topological polar surface area (TPSA) is 35.2 Å². The lowest BCUT2D eigenvalue weighted by Crippen LogP contribution is -2.16. The highest BCUT2D eigenvalue weighted by Gasteiger charge is 2.10. The summed E-state index contributed by atoms with van der Waals surface area (Å²) in [4.78, 5) is 0. The van der Waals surface area contributed by atoms with Crippen molar-refractivity contribution >= 4 is 0 Å². The first-order chi connectivity index (χ1) is 5.33. The minimum Gasteiger partial charge on any atom is -0.381 e. The van der Waals surface area contributed by atoms with Crippen molar-refractivity contribution in [1.82, 2.24) is 0 Å². The molecule has 2 nitrogen and oxygen atoms in total. The molecular weight excluding hydrogens is 138 g/mol. The lowest BCUT2D eigenvalue weighted by molar-refractivity contribution is 0.0708. The Morgan fingerprint density at radius 2 is 2.55 bits per heavy atom. The van der Waals surface area contributed by atoms with Crippen LogP contribution in [0.1, 0.15) is 19.8 Å². The van der Waals surface area contributed by atoms with E-state index in [4.69, 9.17) is 10.5 Å². The van der Waals surface area contributed by atoms with Crippen LogP contribution in [0.5, 0.6) is 0 Å². The molecule has 1 aliphatic heterocycles. The van der Waals surface area contributed by atoms with Crippen LogP contribution in [0.25, 0.3) is 0 Å². The fraction of sp³-hybridized carbons (Fsp3) is 0.778. The van der Waals surface area contributed by atoms with Crippen molar-refractivity contribution < 1.29 is 4.74 Å². The van der Waals surface area contributed by atoms with Crippen molar-refractivity contribution in [2.75, 3.05) is 19.8 Å². The van der Waals surface area contributed by atoms with Gasteiger partial charge in [-0.3, -0.25) is 0 Å². The predicted octanol–water partition coefficient (Wildman–Crippen LogP) is 1.32. The molecule has 0 bridgehead atoms. The zero-order chi connectivity index (χ0) is 8.10. The van der Waals surface area contributed by atoms with Crippen molar-refractivity contribution in [2.24, 2.45) is 11.7 Å². The van der Waals surface area contributed by atoms with Gasteiger partial charge in [-0.2, -0.15) is 0 Å². The fourth-order valence-corrected chi connectivity index (χ4v) is 1.37. The maximum Gasteiger partial charge on any atom is 0.0528 e. The van der Waals surface area contributed by atoms with E-state index in [1.54, 1.807) is 0 Å². The first-order valence-electron chi connectivity index (χ1n) is 4.28. The summed E-state index contributed by atoms with van der Waals surface area (Å²) >= 11 is 0. The van der Waals surface area contributed by atoms with Crippen LogP contribution in [-0.4, -0.2) is 19.8 Å². The van der Waals surface area contributed by atoms with Gasteiger partial charge in [0.1, 0.15) is 0 Å². The van der Waals surface area contributed by atoms with Gasteiger partial charge < -0.3 is 10.5 Å². The summed E-state index contributed by atoms with van der Waals surface area (Å²) in [5.74, 6) is 0.618. The number of hydrogen-bond acceptors (Lipinski definition) is 2. The molecule has 0 radical (unpaired) electrons. The van der Waals surface area contributed by atoms with Gasteiger partial charge in [0.15, 0.2) is 0 Å². The average molecular weight is 155 g/mol. The molecule has 1 fully saturated rings. The summed E-state index contributed by atoms with van der Waals surface area (Å²) in [7, 11) is 0. The predicted molar refractivity (Wildman–Crippen MR) is 46.4 cm³/mol.